The number of nitrogens with one attached hydrogen (secondary N) is 2. The van der Waals surface area contributed by atoms with Gasteiger partial charge in [-0.15, -0.1) is 21.5 Å². The molecule has 0 bridgehead atoms. The van der Waals surface area contributed by atoms with Crippen molar-refractivity contribution in [2.75, 3.05) is 10.0 Å². The van der Waals surface area contributed by atoms with Crippen LogP contribution in [0.3, 0.4) is 0 Å². The number of rotatable bonds is 9. The van der Waals surface area contributed by atoms with E-state index in [2.05, 4.69) is 30.4 Å². The van der Waals surface area contributed by atoms with Gasteiger partial charge in [0.2, 0.25) is 0 Å². The standard InChI is InChI=1S/C25H20N8O4S2/c1-17-23(29-28-19-7-13-22(14-8-19)39(36,37)31-25-26-15-16-38-25)24(27-18-5-3-2-4-6-18)30-32(17)20-9-11-21(12-10-20)33(34)35/h2-16H,1H3,(H,26,31)(H,27,30). The van der Waals surface area contributed by atoms with Gasteiger partial charge in [0.25, 0.3) is 15.7 Å². The van der Waals surface area contributed by atoms with E-state index in [0.29, 0.717) is 28.6 Å². The third-order valence-electron chi connectivity index (χ3n) is 5.49. The minimum atomic E-state index is -3.79. The van der Waals surface area contributed by atoms with Gasteiger partial charge in [0.15, 0.2) is 16.6 Å². The maximum absolute atomic E-state index is 12.6. The molecule has 2 heterocycles. The summed E-state index contributed by atoms with van der Waals surface area (Å²) in [5.74, 6) is 0.424. The van der Waals surface area contributed by atoms with Crippen LogP contribution in [0.25, 0.3) is 5.69 Å². The molecule has 0 radical (unpaired) electrons. The van der Waals surface area contributed by atoms with Crippen molar-refractivity contribution in [3.8, 4) is 5.69 Å². The first kappa shape index (κ1) is 25.7. The second kappa shape index (κ2) is 10.8. The fourth-order valence-corrected chi connectivity index (χ4v) is 5.36. The normalized spacial score (nSPS) is 11.5. The number of non-ortho nitro benzene ring substituents is 1. The number of azo groups is 1. The van der Waals surface area contributed by atoms with Gasteiger partial charge in [-0.3, -0.25) is 14.8 Å². The minimum absolute atomic E-state index is 0.0292. The molecule has 12 nitrogen and oxygen atoms in total. The first-order valence-electron chi connectivity index (χ1n) is 11.4. The Kier molecular flexibility index (Phi) is 7.12. The van der Waals surface area contributed by atoms with Crippen molar-refractivity contribution in [2.45, 2.75) is 11.8 Å². The van der Waals surface area contributed by atoms with Crippen molar-refractivity contribution in [1.29, 1.82) is 0 Å². The van der Waals surface area contributed by atoms with E-state index < -0.39 is 14.9 Å². The number of hydrogen-bond donors (Lipinski definition) is 2. The lowest BCUT2D eigenvalue weighted by molar-refractivity contribution is -0.384. The van der Waals surface area contributed by atoms with Gasteiger partial charge in [-0.2, -0.15) is 5.11 Å². The summed E-state index contributed by atoms with van der Waals surface area (Å²) in [4.78, 5) is 14.6. The van der Waals surface area contributed by atoms with Crippen LogP contribution < -0.4 is 10.0 Å². The molecule has 0 amide bonds. The third kappa shape index (κ3) is 5.81. The van der Waals surface area contributed by atoms with E-state index in [-0.39, 0.29) is 15.7 Å². The number of thiazole rings is 1. The summed E-state index contributed by atoms with van der Waals surface area (Å²) in [5.41, 5.74) is 2.87. The van der Waals surface area contributed by atoms with Crippen LogP contribution in [0.15, 0.2) is 106 Å². The van der Waals surface area contributed by atoms with Crippen molar-refractivity contribution < 1.29 is 13.3 Å². The van der Waals surface area contributed by atoms with Gasteiger partial charge >= 0.3 is 0 Å². The summed E-state index contributed by atoms with van der Waals surface area (Å²) >= 11 is 1.18. The van der Waals surface area contributed by atoms with Gasteiger partial charge in [-0.25, -0.2) is 18.1 Å². The van der Waals surface area contributed by atoms with E-state index in [1.807, 2.05) is 30.3 Å². The molecule has 0 fully saturated rings. The van der Waals surface area contributed by atoms with Crippen molar-refractivity contribution >= 4 is 55.1 Å². The Hall–Kier alpha value is -4.95. The zero-order valence-electron chi connectivity index (χ0n) is 20.3. The van der Waals surface area contributed by atoms with Crippen LogP contribution in [-0.2, 0) is 10.0 Å². The topological polar surface area (TPSA) is 157 Å². The molecule has 0 aliphatic rings. The molecule has 5 rings (SSSR count). The van der Waals surface area contributed by atoms with Crippen molar-refractivity contribution in [2.24, 2.45) is 10.2 Å². The van der Waals surface area contributed by atoms with Crippen LogP contribution in [0.2, 0.25) is 0 Å². The molecule has 0 aliphatic heterocycles. The van der Waals surface area contributed by atoms with Crippen LogP contribution in [-0.4, -0.2) is 28.1 Å². The number of benzene rings is 3. The average Bonchev–Trinajstić information content (AvgIpc) is 3.55. The molecule has 0 saturated heterocycles. The van der Waals surface area contributed by atoms with Gasteiger partial charge in [0, 0.05) is 29.4 Å². The molecule has 2 N–H and O–H groups in total. The van der Waals surface area contributed by atoms with Gasteiger partial charge in [-0.05, 0) is 55.5 Å². The van der Waals surface area contributed by atoms with Crippen molar-refractivity contribution in [1.82, 2.24) is 14.8 Å². The summed E-state index contributed by atoms with van der Waals surface area (Å²) in [6.45, 7) is 1.80. The fourth-order valence-electron chi connectivity index (χ4n) is 3.57. The minimum Gasteiger partial charge on any atom is -0.337 e. The number of nitro benzene ring substituents is 1. The highest BCUT2D eigenvalue weighted by atomic mass is 32.2. The van der Waals surface area contributed by atoms with Crippen LogP contribution >= 0.6 is 11.3 Å². The lowest BCUT2D eigenvalue weighted by atomic mass is 10.2. The van der Waals surface area contributed by atoms with Crippen LogP contribution in [0.5, 0.6) is 0 Å². The Bertz CT molecular complexity index is 1730. The molecule has 0 spiro atoms. The summed E-state index contributed by atoms with van der Waals surface area (Å²) < 4.78 is 29.2. The number of sulfonamides is 1. The number of hydrogen-bond acceptors (Lipinski definition) is 10. The highest BCUT2D eigenvalue weighted by Crippen LogP contribution is 2.34. The predicted octanol–water partition coefficient (Wildman–Crippen LogP) is 6.51. The van der Waals surface area contributed by atoms with Crippen LogP contribution in [0.4, 0.5) is 33.7 Å². The molecule has 5 aromatic rings. The van der Waals surface area contributed by atoms with E-state index in [1.165, 1.54) is 41.8 Å². The second-order valence-electron chi connectivity index (χ2n) is 8.10. The summed E-state index contributed by atoms with van der Waals surface area (Å²) in [6.07, 6.45) is 1.51. The zero-order valence-corrected chi connectivity index (χ0v) is 21.9. The monoisotopic (exact) mass is 560 g/mol. The fraction of sp³-hybridized carbons (Fsp3) is 0.0400. The average molecular weight is 561 g/mol. The molecule has 39 heavy (non-hydrogen) atoms. The predicted molar refractivity (Wildman–Crippen MR) is 148 cm³/mol. The Labute approximate surface area is 226 Å². The number of nitro groups is 1. The van der Waals surface area contributed by atoms with Gasteiger partial charge < -0.3 is 5.32 Å². The number of anilines is 3. The molecular formula is C25H20N8O4S2. The summed E-state index contributed by atoms with van der Waals surface area (Å²) in [5, 5.41) is 29.6. The number of para-hydroxylation sites is 1. The van der Waals surface area contributed by atoms with Crippen molar-refractivity contribution in [3.05, 3.63) is 106 Å². The second-order valence-corrected chi connectivity index (χ2v) is 10.7. The largest absolute Gasteiger partial charge is 0.337 e. The van der Waals surface area contributed by atoms with Crippen LogP contribution in [0, 0.1) is 17.0 Å². The summed E-state index contributed by atoms with van der Waals surface area (Å²) in [7, 11) is -3.79. The van der Waals surface area contributed by atoms with E-state index in [0.717, 1.165) is 5.69 Å². The number of nitrogens with zero attached hydrogens (tertiary/aromatic N) is 6. The molecule has 0 atom stereocenters. The maximum atomic E-state index is 12.6. The van der Waals surface area contributed by atoms with Crippen LogP contribution in [0.1, 0.15) is 5.69 Å². The molecule has 0 saturated carbocycles. The highest BCUT2D eigenvalue weighted by Gasteiger charge is 2.18. The van der Waals surface area contributed by atoms with Crippen molar-refractivity contribution in [3.63, 3.8) is 0 Å². The first-order valence-corrected chi connectivity index (χ1v) is 13.8. The van der Waals surface area contributed by atoms with E-state index in [4.69, 9.17) is 0 Å². The Morgan fingerprint density at radius 2 is 1.69 bits per heavy atom. The molecule has 0 aliphatic carbocycles. The Morgan fingerprint density at radius 3 is 2.33 bits per heavy atom. The van der Waals surface area contributed by atoms with E-state index >= 15 is 0 Å². The zero-order chi connectivity index (χ0) is 27.4. The lowest BCUT2D eigenvalue weighted by Crippen LogP contribution is -2.12. The first-order chi connectivity index (χ1) is 18.8. The lowest BCUT2D eigenvalue weighted by Gasteiger charge is -2.05. The van der Waals surface area contributed by atoms with Gasteiger partial charge in [-0.1, -0.05) is 18.2 Å². The van der Waals surface area contributed by atoms with Gasteiger partial charge in [0.05, 0.1) is 26.9 Å². The molecule has 14 heteroatoms. The Morgan fingerprint density at radius 1 is 0.974 bits per heavy atom. The van der Waals surface area contributed by atoms with E-state index in [9.17, 15) is 18.5 Å². The third-order valence-corrected chi connectivity index (χ3v) is 7.67. The van der Waals surface area contributed by atoms with E-state index in [1.54, 1.807) is 41.3 Å². The maximum Gasteiger partial charge on any atom is 0.269 e. The summed E-state index contributed by atoms with van der Waals surface area (Å²) in [6, 6.07) is 21.4. The molecule has 3 aromatic carbocycles. The Balaban J connectivity index is 1.45. The molecule has 2 aromatic heterocycles. The quantitative estimate of drug-likeness (QED) is 0.118. The smallest absolute Gasteiger partial charge is 0.269 e. The SMILES string of the molecule is Cc1c(N=Nc2ccc(S(=O)(=O)Nc3nccs3)cc2)c(Nc2ccccc2)nn1-c1ccc([N+](=O)[O-])cc1. The van der Waals surface area contributed by atoms with Gasteiger partial charge in [0.1, 0.15) is 0 Å². The molecule has 0 unspecified atom stereocenters. The number of aromatic nitrogens is 3. The highest BCUT2D eigenvalue weighted by molar-refractivity contribution is 7.93. The molecule has 196 valence electrons. The molecular weight excluding hydrogens is 540 g/mol.